The van der Waals surface area contributed by atoms with E-state index in [-0.39, 0.29) is 27.9 Å². The Balaban J connectivity index is 1.94. The Hall–Kier alpha value is -3.08. The summed E-state index contributed by atoms with van der Waals surface area (Å²) in [5.74, 6) is 0.0915. The lowest BCUT2D eigenvalue weighted by molar-refractivity contribution is -0.384. The second-order valence-electron chi connectivity index (χ2n) is 4.87. The van der Waals surface area contributed by atoms with Crippen LogP contribution in [0.2, 0.25) is 10.0 Å². The molecule has 3 aromatic rings. The molecule has 0 bridgehead atoms. The molecule has 0 saturated carbocycles. The van der Waals surface area contributed by atoms with E-state index in [0.717, 1.165) is 0 Å². The monoisotopic (exact) mass is 374 g/mol. The van der Waals surface area contributed by atoms with Crippen LogP contribution in [0.25, 0.3) is 16.7 Å². The molecule has 1 heterocycles. The van der Waals surface area contributed by atoms with Crippen LogP contribution >= 0.6 is 23.2 Å². The number of nitriles is 1. The van der Waals surface area contributed by atoms with Gasteiger partial charge in [-0.3, -0.25) is 10.1 Å². The number of fused-ring (bicyclic) bond motifs is 1. The Bertz CT molecular complexity index is 1050. The van der Waals surface area contributed by atoms with Crippen molar-refractivity contribution in [2.75, 3.05) is 5.32 Å². The largest absolute Gasteiger partial charge is 0.435 e. The van der Waals surface area contributed by atoms with Gasteiger partial charge in [0.05, 0.1) is 15.6 Å². The maximum absolute atomic E-state index is 10.8. The molecule has 1 N–H and O–H groups in total. The van der Waals surface area contributed by atoms with Crippen molar-refractivity contribution in [3.63, 3.8) is 0 Å². The summed E-state index contributed by atoms with van der Waals surface area (Å²) in [6.45, 7) is 0. The zero-order valence-electron chi connectivity index (χ0n) is 12.4. The van der Waals surface area contributed by atoms with Crippen molar-refractivity contribution in [3.05, 3.63) is 68.6 Å². The Morgan fingerprint density at radius 3 is 2.84 bits per heavy atom. The quantitative estimate of drug-likeness (QED) is 0.390. The van der Waals surface area contributed by atoms with Gasteiger partial charge >= 0.3 is 0 Å². The van der Waals surface area contributed by atoms with Gasteiger partial charge in [-0.2, -0.15) is 5.26 Å². The van der Waals surface area contributed by atoms with Crippen molar-refractivity contribution < 1.29 is 9.34 Å². The number of oxazole rings is 1. The van der Waals surface area contributed by atoms with E-state index >= 15 is 0 Å². The fourth-order valence-electron chi connectivity index (χ4n) is 2.04. The highest BCUT2D eigenvalue weighted by atomic mass is 35.5. The van der Waals surface area contributed by atoms with Crippen molar-refractivity contribution >= 4 is 51.2 Å². The third-order valence-electron chi connectivity index (χ3n) is 3.23. The number of anilines is 1. The van der Waals surface area contributed by atoms with Gasteiger partial charge in [-0.1, -0.05) is 23.2 Å². The first-order chi connectivity index (χ1) is 12.0. The molecule has 124 valence electrons. The van der Waals surface area contributed by atoms with Crippen LogP contribution < -0.4 is 5.32 Å². The predicted octanol–water partition coefficient (Wildman–Crippen LogP) is 5.02. The average molecular weight is 375 g/mol. The Morgan fingerprint density at radius 1 is 1.32 bits per heavy atom. The lowest BCUT2D eigenvalue weighted by Crippen LogP contribution is -1.94. The van der Waals surface area contributed by atoms with Crippen LogP contribution in [0, 0.1) is 21.4 Å². The molecular weight excluding hydrogens is 367 g/mol. The number of benzene rings is 2. The van der Waals surface area contributed by atoms with E-state index in [9.17, 15) is 15.4 Å². The maximum atomic E-state index is 10.8. The molecule has 9 heteroatoms. The molecule has 3 rings (SSSR count). The molecule has 7 nitrogen and oxygen atoms in total. The summed E-state index contributed by atoms with van der Waals surface area (Å²) >= 11 is 11.9. The van der Waals surface area contributed by atoms with Gasteiger partial charge in [-0.25, -0.2) is 4.98 Å². The lowest BCUT2D eigenvalue weighted by atomic mass is 10.2. The third kappa shape index (κ3) is 3.55. The van der Waals surface area contributed by atoms with E-state index in [2.05, 4.69) is 10.3 Å². The molecule has 0 radical (unpaired) electrons. The fourth-order valence-corrected chi connectivity index (χ4v) is 2.38. The predicted molar refractivity (Wildman–Crippen MR) is 94.3 cm³/mol. The zero-order valence-corrected chi connectivity index (χ0v) is 13.9. The summed E-state index contributed by atoms with van der Waals surface area (Å²) in [5.41, 5.74) is 1.24. The maximum Gasteiger partial charge on any atom is 0.271 e. The molecule has 2 aromatic carbocycles. The SMILES string of the molecule is N#C/C(=C\Nc1cc([N+](=O)[O-])ccc1Cl)c1nc2cc(Cl)ccc2o1. The highest BCUT2D eigenvalue weighted by Crippen LogP contribution is 2.28. The number of hydrogen-bond acceptors (Lipinski definition) is 6. The number of aromatic nitrogens is 1. The minimum absolute atomic E-state index is 0.0915. The minimum atomic E-state index is -0.541. The van der Waals surface area contributed by atoms with E-state index in [1.165, 1.54) is 24.4 Å². The van der Waals surface area contributed by atoms with E-state index in [1.807, 2.05) is 6.07 Å². The molecule has 0 amide bonds. The summed E-state index contributed by atoms with van der Waals surface area (Å²) in [6.07, 6.45) is 1.32. The molecule has 0 saturated heterocycles. The summed E-state index contributed by atoms with van der Waals surface area (Å²) in [6, 6.07) is 10.8. The number of nitro benzene ring substituents is 1. The second kappa shape index (κ2) is 6.81. The molecule has 1 aromatic heterocycles. The zero-order chi connectivity index (χ0) is 18.0. The van der Waals surface area contributed by atoms with E-state index < -0.39 is 4.92 Å². The van der Waals surface area contributed by atoms with Crippen LogP contribution in [-0.4, -0.2) is 9.91 Å². The summed E-state index contributed by atoms with van der Waals surface area (Å²) in [7, 11) is 0. The molecule has 0 atom stereocenters. The molecule has 0 aliphatic rings. The van der Waals surface area contributed by atoms with Crippen molar-refractivity contribution in [2.24, 2.45) is 0 Å². The summed E-state index contributed by atoms with van der Waals surface area (Å²) in [5, 5.41) is 23.7. The van der Waals surface area contributed by atoms with E-state index in [1.54, 1.807) is 18.2 Å². The number of rotatable bonds is 4. The van der Waals surface area contributed by atoms with Gasteiger partial charge in [0, 0.05) is 23.4 Å². The van der Waals surface area contributed by atoms with Gasteiger partial charge in [-0.15, -0.1) is 0 Å². The van der Waals surface area contributed by atoms with Crippen LogP contribution in [0.4, 0.5) is 11.4 Å². The smallest absolute Gasteiger partial charge is 0.271 e. The van der Waals surface area contributed by atoms with Gasteiger partial charge in [0.25, 0.3) is 5.69 Å². The summed E-state index contributed by atoms with van der Waals surface area (Å²) < 4.78 is 5.51. The molecule has 0 fully saturated rings. The molecule has 0 aliphatic heterocycles. The first kappa shape index (κ1) is 16.8. The van der Waals surface area contributed by atoms with Crippen molar-refractivity contribution in [1.29, 1.82) is 5.26 Å². The van der Waals surface area contributed by atoms with Crippen LogP contribution in [0.1, 0.15) is 5.89 Å². The molecule has 0 aliphatic carbocycles. The van der Waals surface area contributed by atoms with Crippen LogP contribution in [-0.2, 0) is 0 Å². The standard InChI is InChI=1S/C16H8Cl2N4O3/c17-10-1-4-15-14(5-10)21-16(25-15)9(7-19)8-20-13-6-11(22(23)24)2-3-12(13)18/h1-6,8,20H/b9-8+. The number of nitro groups is 1. The average Bonchev–Trinajstić information content (AvgIpc) is 2.99. The van der Waals surface area contributed by atoms with Gasteiger partial charge in [0.15, 0.2) is 5.58 Å². The normalized spacial score (nSPS) is 11.3. The molecule has 25 heavy (non-hydrogen) atoms. The lowest BCUT2D eigenvalue weighted by Gasteiger charge is -2.03. The van der Waals surface area contributed by atoms with Gasteiger partial charge in [-0.05, 0) is 24.3 Å². The van der Waals surface area contributed by atoms with Crippen LogP contribution in [0.3, 0.4) is 0 Å². The number of allylic oxidation sites excluding steroid dienone is 1. The molecular formula is C16H8Cl2N4O3. The van der Waals surface area contributed by atoms with Crippen molar-refractivity contribution in [2.45, 2.75) is 0 Å². The van der Waals surface area contributed by atoms with E-state index in [0.29, 0.717) is 16.1 Å². The van der Waals surface area contributed by atoms with Crippen molar-refractivity contribution in [3.8, 4) is 6.07 Å². The first-order valence-corrected chi connectivity index (χ1v) is 7.61. The molecule has 0 spiro atoms. The van der Waals surface area contributed by atoms with Crippen molar-refractivity contribution in [1.82, 2.24) is 4.98 Å². The Labute approximate surface area is 151 Å². The first-order valence-electron chi connectivity index (χ1n) is 6.85. The number of nitrogens with zero attached hydrogens (tertiary/aromatic N) is 3. The number of non-ortho nitro benzene ring substituents is 1. The Kier molecular flexibility index (Phi) is 4.57. The highest BCUT2D eigenvalue weighted by Gasteiger charge is 2.13. The van der Waals surface area contributed by atoms with Crippen LogP contribution in [0.5, 0.6) is 0 Å². The minimum Gasteiger partial charge on any atom is -0.435 e. The second-order valence-corrected chi connectivity index (χ2v) is 5.71. The third-order valence-corrected chi connectivity index (χ3v) is 3.80. The Morgan fingerprint density at radius 2 is 2.12 bits per heavy atom. The number of halogens is 2. The number of hydrogen-bond donors (Lipinski definition) is 1. The molecule has 0 unspecified atom stereocenters. The van der Waals surface area contributed by atoms with Gasteiger partial charge in [0.2, 0.25) is 5.89 Å². The summed E-state index contributed by atoms with van der Waals surface area (Å²) in [4.78, 5) is 14.5. The van der Waals surface area contributed by atoms with Crippen LogP contribution in [0.15, 0.2) is 47.0 Å². The topological polar surface area (TPSA) is 105 Å². The fraction of sp³-hybridized carbons (Fsp3) is 0. The van der Waals surface area contributed by atoms with Gasteiger partial charge < -0.3 is 9.73 Å². The van der Waals surface area contributed by atoms with E-state index in [4.69, 9.17) is 27.6 Å². The highest BCUT2D eigenvalue weighted by molar-refractivity contribution is 6.33. The van der Waals surface area contributed by atoms with Gasteiger partial charge in [0.1, 0.15) is 17.2 Å². The number of nitrogens with one attached hydrogen (secondary N) is 1.